The topological polar surface area (TPSA) is 69.4 Å². The summed E-state index contributed by atoms with van der Waals surface area (Å²) in [6.45, 7) is 0. The molecule has 17 heavy (non-hydrogen) atoms. The van der Waals surface area contributed by atoms with Gasteiger partial charge in [0.1, 0.15) is 0 Å². The van der Waals surface area contributed by atoms with Crippen LogP contribution in [0.3, 0.4) is 0 Å². The summed E-state index contributed by atoms with van der Waals surface area (Å²) < 4.78 is 40.2. The van der Waals surface area contributed by atoms with Crippen LogP contribution in [0.25, 0.3) is 0 Å². The van der Waals surface area contributed by atoms with Crippen LogP contribution in [0.4, 0.5) is 13.2 Å². The molecule has 1 aliphatic rings. The molecule has 0 aromatic carbocycles. The Hall–Kier alpha value is -1.27. The van der Waals surface area contributed by atoms with Gasteiger partial charge in [-0.05, 0) is 12.8 Å². The normalized spacial score (nSPS) is 19.7. The summed E-state index contributed by atoms with van der Waals surface area (Å²) in [5.41, 5.74) is 4.98. The Bertz CT molecular complexity index is 298. The molecule has 0 saturated heterocycles. The molecule has 0 bridgehead atoms. The fourth-order valence-corrected chi connectivity index (χ4v) is 2.01. The van der Waals surface area contributed by atoms with Gasteiger partial charge >= 0.3 is 12.1 Å². The third kappa shape index (κ3) is 3.90. The van der Waals surface area contributed by atoms with Gasteiger partial charge in [-0.1, -0.05) is 19.3 Å². The van der Waals surface area contributed by atoms with Crippen LogP contribution < -0.4 is 5.73 Å². The first-order chi connectivity index (χ1) is 7.82. The van der Waals surface area contributed by atoms with Crippen LogP contribution in [-0.4, -0.2) is 24.2 Å². The highest BCUT2D eigenvalue weighted by molar-refractivity contribution is 5.84. The van der Waals surface area contributed by atoms with Gasteiger partial charge in [0.2, 0.25) is 0 Å². The van der Waals surface area contributed by atoms with E-state index in [0.29, 0.717) is 12.8 Å². The zero-order chi connectivity index (χ0) is 13.1. The Kier molecular flexibility index (Phi) is 4.36. The fourth-order valence-electron chi connectivity index (χ4n) is 2.01. The summed E-state index contributed by atoms with van der Waals surface area (Å²) >= 11 is 0. The molecule has 1 aliphatic carbocycles. The van der Waals surface area contributed by atoms with Crippen LogP contribution in [0.5, 0.6) is 0 Å². The number of carbonyl (C=O) groups excluding carboxylic acids is 2. The number of halogens is 3. The Labute approximate surface area is 96.3 Å². The summed E-state index contributed by atoms with van der Waals surface area (Å²) in [5.74, 6) is -3.77. The summed E-state index contributed by atoms with van der Waals surface area (Å²) in [6, 6.07) is 0. The molecule has 0 aromatic rings. The van der Waals surface area contributed by atoms with Crippen molar-refractivity contribution in [2.75, 3.05) is 0 Å². The molecule has 1 atom stereocenters. The number of hydrogen-bond acceptors (Lipinski definition) is 3. The van der Waals surface area contributed by atoms with E-state index in [1.807, 2.05) is 0 Å². The number of amides is 1. The van der Waals surface area contributed by atoms with Crippen LogP contribution in [0.2, 0.25) is 0 Å². The predicted molar refractivity (Wildman–Crippen MR) is 51.7 cm³/mol. The molecule has 1 fully saturated rings. The number of rotatable bonds is 3. The molecule has 0 aliphatic heterocycles. The van der Waals surface area contributed by atoms with Gasteiger partial charge < -0.3 is 10.5 Å². The van der Waals surface area contributed by atoms with Crippen LogP contribution in [0.1, 0.15) is 32.1 Å². The molecule has 4 nitrogen and oxygen atoms in total. The maximum atomic E-state index is 12.0. The molecule has 1 rings (SSSR count). The largest absolute Gasteiger partial charge is 0.490 e. The second kappa shape index (κ2) is 5.37. The number of primary amides is 1. The van der Waals surface area contributed by atoms with Crippen molar-refractivity contribution in [1.82, 2.24) is 0 Å². The molecule has 0 radical (unpaired) electrons. The smallest absolute Gasteiger partial charge is 0.445 e. The molecule has 0 heterocycles. The first-order valence-electron chi connectivity index (χ1n) is 5.39. The number of ether oxygens (including phenoxy) is 1. The van der Waals surface area contributed by atoms with E-state index >= 15 is 0 Å². The van der Waals surface area contributed by atoms with E-state index in [1.165, 1.54) is 0 Å². The Morgan fingerprint density at radius 1 is 1.18 bits per heavy atom. The standard InChI is InChI=1S/C10H14F3NO3/c11-10(12,13)9(16)17-7(8(14)15)6-4-2-1-3-5-6/h6-7H,1-5H2,(H2,14,15)/t7-/m0/s1. The van der Waals surface area contributed by atoms with Crippen molar-refractivity contribution in [3.8, 4) is 0 Å². The summed E-state index contributed by atoms with van der Waals surface area (Å²) in [6.07, 6.45) is -2.88. The second-order valence-electron chi connectivity index (χ2n) is 4.12. The molecule has 0 spiro atoms. The molecule has 7 heteroatoms. The zero-order valence-electron chi connectivity index (χ0n) is 9.13. The van der Waals surface area contributed by atoms with Crippen molar-refractivity contribution in [3.63, 3.8) is 0 Å². The van der Waals surface area contributed by atoms with Gasteiger partial charge in [-0.25, -0.2) is 4.79 Å². The van der Waals surface area contributed by atoms with Crippen molar-refractivity contribution in [2.45, 2.75) is 44.4 Å². The van der Waals surface area contributed by atoms with Crippen molar-refractivity contribution in [3.05, 3.63) is 0 Å². The molecule has 0 unspecified atom stereocenters. The lowest BCUT2D eigenvalue weighted by Gasteiger charge is -2.27. The van der Waals surface area contributed by atoms with Crippen molar-refractivity contribution in [1.29, 1.82) is 0 Å². The van der Waals surface area contributed by atoms with Crippen LogP contribution in [0.15, 0.2) is 0 Å². The average molecular weight is 253 g/mol. The zero-order valence-corrected chi connectivity index (χ0v) is 9.13. The highest BCUT2D eigenvalue weighted by Gasteiger charge is 2.44. The number of nitrogens with two attached hydrogens (primary N) is 1. The highest BCUT2D eigenvalue weighted by atomic mass is 19.4. The van der Waals surface area contributed by atoms with E-state index < -0.39 is 30.1 Å². The van der Waals surface area contributed by atoms with Crippen molar-refractivity contribution >= 4 is 11.9 Å². The first-order valence-corrected chi connectivity index (χ1v) is 5.39. The molecule has 2 N–H and O–H groups in total. The summed E-state index contributed by atoms with van der Waals surface area (Å²) in [5, 5.41) is 0. The number of carbonyl (C=O) groups is 2. The summed E-state index contributed by atoms with van der Waals surface area (Å²) in [4.78, 5) is 21.7. The van der Waals surface area contributed by atoms with Gasteiger partial charge in [0.25, 0.3) is 5.91 Å². The summed E-state index contributed by atoms with van der Waals surface area (Å²) in [7, 11) is 0. The Morgan fingerprint density at radius 3 is 2.12 bits per heavy atom. The lowest BCUT2D eigenvalue weighted by Crippen LogP contribution is -2.43. The third-order valence-electron chi connectivity index (χ3n) is 2.82. The molecule has 1 saturated carbocycles. The number of alkyl halides is 3. The molecular weight excluding hydrogens is 239 g/mol. The maximum Gasteiger partial charge on any atom is 0.490 e. The highest BCUT2D eigenvalue weighted by Crippen LogP contribution is 2.29. The van der Waals surface area contributed by atoms with E-state index in [2.05, 4.69) is 4.74 Å². The minimum absolute atomic E-state index is 0.396. The number of esters is 1. The lowest BCUT2D eigenvalue weighted by atomic mass is 9.85. The molecule has 1 amide bonds. The minimum atomic E-state index is -5.09. The third-order valence-corrected chi connectivity index (χ3v) is 2.82. The quantitative estimate of drug-likeness (QED) is 0.775. The Morgan fingerprint density at radius 2 is 1.71 bits per heavy atom. The van der Waals surface area contributed by atoms with Gasteiger partial charge in [0.15, 0.2) is 6.10 Å². The van der Waals surface area contributed by atoms with Gasteiger partial charge in [0, 0.05) is 5.92 Å². The Balaban J connectivity index is 2.66. The van der Waals surface area contributed by atoms with Crippen molar-refractivity contribution in [2.24, 2.45) is 11.7 Å². The molecule has 0 aromatic heterocycles. The van der Waals surface area contributed by atoms with Gasteiger partial charge in [-0.3, -0.25) is 4.79 Å². The van der Waals surface area contributed by atoms with Gasteiger partial charge in [-0.15, -0.1) is 0 Å². The average Bonchev–Trinajstić information content (AvgIpc) is 2.25. The number of hydrogen-bond donors (Lipinski definition) is 1. The van der Waals surface area contributed by atoms with E-state index in [1.54, 1.807) is 0 Å². The van der Waals surface area contributed by atoms with Crippen LogP contribution in [-0.2, 0) is 14.3 Å². The van der Waals surface area contributed by atoms with Gasteiger partial charge in [-0.2, -0.15) is 13.2 Å². The first kappa shape index (κ1) is 13.8. The fraction of sp³-hybridized carbons (Fsp3) is 0.800. The minimum Gasteiger partial charge on any atom is -0.445 e. The van der Waals surface area contributed by atoms with Gasteiger partial charge in [0.05, 0.1) is 0 Å². The predicted octanol–water partition coefficient (Wildman–Crippen LogP) is 1.53. The van der Waals surface area contributed by atoms with E-state index in [-0.39, 0.29) is 0 Å². The second-order valence-corrected chi connectivity index (χ2v) is 4.12. The van der Waals surface area contributed by atoms with E-state index in [0.717, 1.165) is 19.3 Å². The molecular formula is C10H14F3NO3. The van der Waals surface area contributed by atoms with E-state index in [4.69, 9.17) is 5.73 Å². The van der Waals surface area contributed by atoms with E-state index in [9.17, 15) is 22.8 Å². The SMILES string of the molecule is NC(=O)[C@@H](OC(=O)C(F)(F)F)C1CCCCC1. The molecule has 98 valence electrons. The van der Waals surface area contributed by atoms with Crippen LogP contribution >= 0.6 is 0 Å². The maximum absolute atomic E-state index is 12.0. The van der Waals surface area contributed by atoms with Crippen LogP contribution in [0, 0.1) is 5.92 Å². The lowest BCUT2D eigenvalue weighted by molar-refractivity contribution is -0.207. The van der Waals surface area contributed by atoms with Crippen molar-refractivity contribution < 1.29 is 27.5 Å². The monoisotopic (exact) mass is 253 g/mol.